The van der Waals surface area contributed by atoms with Crippen LogP contribution in [-0.4, -0.2) is 39.6 Å². The zero-order valence-electron chi connectivity index (χ0n) is 10.7. The number of carboxylic acids is 1. The van der Waals surface area contributed by atoms with Crippen molar-refractivity contribution in [2.45, 2.75) is 32.4 Å². The SMILES string of the molecule is CC1CC(C(=O)O)CCN1C(=O)NCc1nccs1. The number of hydrogen-bond donors (Lipinski definition) is 2. The van der Waals surface area contributed by atoms with Crippen molar-refractivity contribution in [3.05, 3.63) is 16.6 Å². The van der Waals surface area contributed by atoms with Crippen molar-refractivity contribution >= 4 is 23.3 Å². The van der Waals surface area contributed by atoms with E-state index in [1.807, 2.05) is 12.3 Å². The predicted molar refractivity (Wildman–Crippen MR) is 70.9 cm³/mol. The number of urea groups is 1. The molecule has 7 heteroatoms. The summed E-state index contributed by atoms with van der Waals surface area (Å²) in [6.07, 6.45) is 2.73. The first-order chi connectivity index (χ1) is 9.08. The normalized spacial score (nSPS) is 23.1. The number of carboxylic acid groups (broad SMARTS) is 1. The van der Waals surface area contributed by atoms with E-state index in [1.54, 1.807) is 11.1 Å². The third-order valence-corrected chi connectivity index (χ3v) is 4.14. The molecule has 0 spiro atoms. The molecule has 0 aromatic carbocycles. The molecule has 1 aliphatic rings. The van der Waals surface area contributed by atoms with Crippen molar-refractivity contribution in [2.24, 2.45) is 5.92 Å². The summed E-state index contributed by atoms with van der Waals surface area (Å²) in [6.45, 7) is 2.79. The van der Waals surface area contributed by atoms with E-state index in [4.69, 9.17) is 5.11 Å². The Bertz CT molecular complexity index is 449. The van der Waals surface area contributed by atoms with Crippen LogP contribution in [-0.2, 0) is 11.3 Å². The van der Waals surface area contributed by atoms with Crippen molar-refractivity contribution in [1.29, 1.82) is 0 Å². The first kappa shape index (κ1) is 13.8. The molecule has 2 heterocycles. The van der Waals surface area contributed by atoms with Gasteiger partial charge in [0.05, 0.1) is 12.5 Å². The van der Waals surface area contributed by atoms with Gasteiger partial charge in [0.25, 0.3) is 0 Å². The Balaban J connectivity index is 1.84. The van der Waals surface area contributed by atoms with Crippen LogP contribution in [0.5, 0.6) is 0 Å². The number of carbonyl (C=O) groups is 2. The summed E-state index contributed by atoms with van der Waals surface area (Å²) in [7, 11) is 0. The molecule has 104 valence electrons. The Morgan fingerprint density at radius 1 is 1.63 bits per heavy atom. The van der Waals surface area contributed by atoms with E-state index in [2.05, 4.69) is 10.3 Å². The molecule has 1 aromatic rings. The standard InChI is InChI=1S/C12H17N3O3S/c1-8-6-9(11(16)17)2-4-15(8)12(18)14-7-10-13-3-5-19-10/h3,5,8-9H,2,4,6-7H2,1H3,(H,14,18)(H,16,17). The number of carbonyl (C=O) groups excluding carboxylic acids is 1. The minimum Gasteiger partial charge on any atom is -0.481 e. The van der Waals surface area contributed by atoms with Gasteiger partial charge in [0.1, 0.15) is 5.01 Å². The zero-order chi connectivity index (χ0) is 13.8. The van der Waals surface area contributed by atoms with E-state index in [9.17, 15) is 9.59 Å². The number of thiazole rings is 1. The zero-order valence-corrected chi connectivity index (χ0v) is 11.5. The van der Waals surface area contributed by atoms with Gasteiger partial charge in [0, 0.05) is 24.2 Å². The second-order valence-corrected chi connectivity index (χ2v) is 5.67. The fourth-order valence-corrected chi connectivity index (χ4v) is 2.85. The van der Waals surface area contributed by atoms with Crippen molar-refractivity contribution in [3.63, 3.8) is 0 Å². The molecule has 1 aliphatic heterocycles. The highest BCUT2D eigenvalue weighted by Crippen LogP contribution is 2.23. The van der Waals surface area contributed by atoms with Gasteiger partial charge in [0.15, 0.2) is 0 Å². The van der Waals surface area contributed by atoms with E-state index in [1.165, 1.54) is 11.3 Å². The third kappa shape index (κ3) is 3.44. The largest absolute Gasteiger partial charge is 0.481 e. The van der Waals surface area contributed by atoms with Crippen LogP contribution in [0.3, 0.4) is 0 Å². The third-order valence-electron chi connectivity index (χ3n) is 3.36. The van der Waals surface area contributed by atoms with Gasteiger partial charge < -0.3 is 15.3 Å². The number of likely N-dealkylation sites (tertiary alicyclic amines) is 1. The molecular formula is C12H17N3O3S. The molecule has 0 bridgehead atoms. The Morgan fingerprint density at radius 3 is 3.00 bits per heavy atom. The topological polar surface area (TPSA) is 82.5 Å². The second-order valence-electron chi connectivity index (χ2n) is 4.69. The number of aliphatic carboxylic acids is 1. The fraction of sp³-hybridized carbons (Fsp3) is 0.583. The van der Waals surface area contributed by atoms with Crippen LogP contribution in [0.2, 0.25) is 0 Å². The highest BCUT2D eigenvalue weighted by atomic mass is 32.1. The molecule has 1 fully saturated rings. The number of rotatable bonds is 3. The molecule has 2 unspecified atom stereocenters. The lowest BCUT2D eigenvalue weighted by Gasteiger charge is -2.36. The Kier molecular flexibility index (Phi) is 4.36. The van der Waals surface area contributed by atoms with Crippen LogP contribution in [0.1, 0.15) is 24.8 Å². The maximum absolute atomic E-state index is 12.0. The van der Waals surface area contributed by atoms with Crippen LogP contribution >= 0.6 is 11.3 Å². The molecule has 1 saturated heterocycles. The molecule has 0 aliphatic carbocycles. The molecular weight excluding hydrogens is 266 g/mol. The molecule has 0 radical (unpaired) electrons. The summed E-state index contributed by atoms with van der Waals surface area (Å²) in [5.41, 5.74) is 0. The molecule has 6 nitrogen and oxygen atoms in total. The predicted octanol–water partition coefficient (Wildman–Crippen LogP) is 1.54. The van der Waals surface area contributed by atoms with Gasteiger partial charge in [-0.1, -0.05) is 0 Å². The van der Waals surface area contributed by atoms with Crippen LogP contribution in [0, 0.1) is 5.92 Å². The minimum atomic E-state index is -0.769. The molecule has 2 rings (SSSR count). The number of piperidine rings is 1. The van der Waals surface area contributed by atoms with Gasteiger partial charge in [-0.3, -0.25) is 4.79 Å². The van der Waals surface area contributed by atoms with E-state index >= 15 is 0 Å². The number of amides is 2. The Morgan fingerprint density at radius 2 is 2.42 bits per heavy atom. The van der Waals surface area contributed by atoms with Gasteiger partial charge in [0.2, 0.25) is 0 Å². The second kappa shape index (κ2) is 6.01. The average Bonchev–Trinajstić information content (AvgIpc) is 2.88. The molecule has 2 amide bonds. The van der Waals surface area contributed by atoms with Crippen molar-refractivity contribution in [1.82, 2.24) is 15.2 Å². The average molecular weight is 283 g/mol. The minimum absolute atomic E-state index is 0.0499. The summed E-state index contributed by atoms with van der Waals surface area (Å²) in [4.78, 5) is 28.8. The lowest BCUT2D eigenvalue weighted by molar-refractivity contribution is -0.143. The quantitative estimate of drug-likeness (QED) is 0.881. The lowest BCUT2D eigenvalue weighted by atomic mass is 9.92. The van der Waals surface area contributed by atoms with Crippen LogP contribution in [0.25, 0.3) is 0 Å². The molecule has 2 atom stereocenters. The molecule has 19 heavy (non-hydrogen) atoms. The monoisotopic (exact) mass is 283 g/mol. The van der Waals surface area contributed by atoms with Crippen LogP contribution in [0.15, 0.2) is 11.6 Å². The van der Waals surface area contributed by atoms with Gasteiger partial charge in [-0.25, -0.2) is 9.78 Å². The van der Waals surface area contributed by atoms with E-state index in [0.717, 1.165) is 5.01 Å². The van der Waals surface area contributed by atoms with Gasteiger partial charge >= 0.3 is 12.0 Å². The van der Waals surface area contributed by atoms with Crippen LogP contribution in [0.4, 0.5) is 4.79 Å². The summed E-state index contributed by atoms with van der Waals surface area (Å²) in [5, 5.41) is 14.5. The smallest absolute Gasteiger partial charge is 0.317 e. The van der Waals surface area contributed by atoms with Crippen molar-refractivity contribution in [2.75, 3.05) is 6.54 Å². The van der Waals surface area contributed by atoms with E-state index in [-0.39, 0.29) is 18.0 Å². The first-order valence-corrected chi connectivity index (χ1v) is 7.11. The highest BCUT2D eigenvalue weighted by Gasteiger charge is 2.32. The van der Waals surface area contributed by atoms with Gasteiger partial charge in [-0.15, -0.1) is 11.3 Å². The van der Waals surface area contributed by atoms with Crippen molar-refractivity contribution in [3.8, 4) is 0 Å². The van der Waals surface area contributed by atoms with Crippen LogP contribution < -0.4 is 5.32 Å². The fourth-order valence-electron chi connectivity index (χ4n) is 2.29. The molecule has 2 N–H and O–H groups in total. The van der Waals surface area contributed by atoms with E-state index < -0.39 is 5.97 Å². The lowest BCUT2D eigenvalue weighted by Crippen LogP contribution is -2.49. The van der Waals surface area contributed by atoms with Crippen molar-refractivity contribution < 1.29 is 14.7 Å². The Hall–Kier alpha value is -1.63. The van der Waals surface area contributed by atoms with Gasteiger partial charge in [-0.05, 0) is 19.8 Å². The number of aromatic nitrogens is 1. The summed E-state index contributed by atoms with van der Waals surface area (Å²) >= 11 is 1.49. The number of nitrogens with one attached hydrogen (secondary N) is 1. The summed E-state index contributed by atoms with van der Waals surface area (Å²) < 4.78 is 0. The Labute approximate surface area is 115 Å². The van der Waals surface area contributed by atoms with E-state index in [0.29, 0.717) is 25.9 Å². The maximum atomic E-state index is 12.0. The molecule has 0 saturated carbocycles. The summed E-state index contributed by atoms with van der Waals surface area (Å²) in [5.74, 6) is -1.10. The van der Waals surface area contributed by atoms with Gasteiger partial charge in [-0.2, -0.15) is 0 Å². The number of hydrogen-bond acceptors (Lipinski definition) is 4. The first-order valence-electron chi connectivity index (χ1n) is 6.23. The maximum Gasteiger partial charge on any atom is 0.317 e. The number of nitrogens with zero attached hydrogens (tertiary/aromatic N) is 2. The highest BCUT2D eigenvalue weighted by molar-refractivity contribution is 7.09. The summed E-state index contributed by atoms with van der Waals surface area (Å²) in [6, 6.07) is -0.197. The molecule has 1 aromatic heterocycles.